The molecule has 1 N–H and O–H groups in total. The van der Waals surface area contributed by atoms with Crippen LogP contribution in [0.4, 0.5) is 4.79 Å². The van der Waals surface area contributed by atoms with Crippen molar-refractivity contribution in [2.75, 3.05) is 20.1 Å². The van der Waals surface area contributed by atoms with E-state index in [1.807, 2.05) is 35.2 Å². The smallest absolute Gasteiger partial charge is 0.334 e. The highest BCUT2D eigenvalue weighted by atomic mass is 16.2. The number of benzene rings is 1. The average molecular weight is 444 g/mol. The van der Waals surface area contributed by atoms with Crippen LogP contribution in [0.15, 0.2) is 30.3 Å². The zero-order valence-corrected chi connectivity index (χ0v) is 19.8. The third-order valence-electron chi connectivity index (χ3n) is 6.60. The van der Waals surface area contributed by atoms with Gasteiger partial charge in [0.25, 0.3) is 0 Å². The molecule has 2 aliphatic heterocycles. The van der Waals surface area contributed by atoms with E-state index in [4.69, 9.17) is 0 Å². The number of rotatable bonds is 8. The molecule has 2 aliphatic rings. The first kappa shape index (κ1) is 24.0. The summed E-state index contributed by atoms with van der Waals surface area (Å²) in [7, 11) is 1.76. The minimum Gasteiger partial charge on any atom is -0.334 e. The molecule has 0 saturated carbocycles. The molecule has 4 amide bonds. The summed E-state index contributed by atoms with van der Waals surface area (Å²) in [6.45, 7) is 7.06. The maximum atomic E-state index is 13.5. The maximum Gasteiger partial charge on any atom is 0.334 e. The van der Waals surface area contributed by atoms with Gasteiger partial charge in [-0.15, -0.1) is 0 Å². The van der Waals surface area contributed by atoms with Crippen LogP contribution in [0, 0.1) is 0 Å². The molecule has 0 spiro atoms. The van der Waals surface area contributed by atoms with Crippen LogP contribution in [-0.2, 0) is 16.1 Å². The zero-order chi connectivity index (χ0) is 23.3. The Labute approximate surface area is 191 Å². The van der Waals surface area contributed by atoms with Crippen LogP contribution in [-0.4, -0.2) is 76.0 Å². The van der Waals surface area contributed by atoms with Gasteiger partial charge in [0.15, 0.2) is 0 Å². The van der Waals surface area contributed by atoms with Crippen LogP contribution in [0.2, 0.25) is 0 Å². The summed E-state index contributed by atoms with van der Waals surface area (Å²) in [4.78, 5) is 43.4. The maximum absolute atomic E-state index is 13.5. The second-order valence-electron chi connectivity index (χ2n) is 8.71. The number of carbonyl (C=O) groups excluding carboxylic acids is 3. The second-order valence-corrected chi connectivity index (χ2v) is 8.71. The van der Waals surface area contributed by atoms with E-state index in [1.54, 1.807) is 22.0 Å². The average Bonchev–Trinajstić information content (AvgIpc) is 2.79. The van der Waals surface area contributed by atoms with Gasteiger partial charge in [-0.05, 0) is 24.8 Å². The van der Waals surface area contributed by atoms with Gasteiger partial charge in [-0.1, -0.05) is 63.9 Å². The van der Waals surface area contributed by atoms with E-state index in [-0.39, 0.29) is 30.4 Å². The van der Waals surface area contributed by atoms with Crippen LogP contribution >= 0.6 is 0 Å². The molecule has 2 fully saturated rings. The number of nitrogens with zero attached hydrogens (tertiary/aromatic N) is 4. The largest absolute Gasteiger partial charge is 0.334 e. The normalized spacial score (nSPS) is 21.8. The van der Waals surface area contributed by atoms with E-state index in [1.165, 1.54) is 0 Å². The molecule has 2 heterocycles. The van der Waals surface area contributed by atoms with Gasteiger partial charge in [-0.2, -0.15) is 0 Å². The molecule has 2 saturated heterocycles. The highest BCUT2D eigenvalue weighted by Gasteiger charge is 2.51. The number of piperazine rings is 1. The summed E-state index contributed by atoms with van der Waals surface area (Å²) < 4.78 is 0. The lowest BCUT2D eigenvalue weighted by molar-refractivity contribution is -0.189. The molecular weight excluding hydrogens is 406 g/mol. The predicted molar refractivity (Wildman–Crippen MR) is 123 cm³/mol. The molecule has 176 valence electrons. The first-order valence-electron chi connectivity index (χ1n) is 11.9. The van der Waals surface area contributed by atoms with Crippen molar-refractivity contribution in [2.45, 2.75) is 77.7 Å². The Morgan fingerprint density at radius 2 is 1.81 bits per heavy atom. The Morgan fingerprint density at radius 3 is 2.44 bits per heavy atom. The molecule has 0 bridgehead atoms. The summed E-state index contributed by atoms with van der Waals surface area (Å²) >= 11 is 0. The van der Waals surface area contributed by atoms with E-state index in [2.05, 4.69) is 26.1 Å². The van der Waals surface area contributed by atoms with Crippen LogP contribution < -0.4 is 5.32 Å². The van der Waals surface area contributed by atoms with Crippen LogP contribution in [0.25, 0.3) is 0 Å². The third kappa shape index (κ3) is 4.90. The van der Waals surface area contributed by atoms with Gasteiger partial charge in [-0.25, -0.2) is 14.8 Å². The van der Waals surface area contributed by atoms with Crippen molar-refractivity contribution >= 4 is 17.8 Å². The number of nitrogens with one attached hydrogen (secondary N) is 1. The van der Waals surface area contributed by atoms with E-state index in [0.717, 1.165) is 31.2 Å². The number of hydrazine groups is 1. The molecule has 0 aromatic heterocycles. The number of hydrogen-bond acceptors (Lipinski definition) is 4. The molecular formula is C24H37N5O3. The lowest BCUT2D eigenvalue weighted by Crippen LogP contribution is -2.76. The number of urea groups is 1. The molecule has 0 radical (unpaired) electrons. The van der Waals surface area contributed by atoms with Gasteiger partial charge in [0.2, 0.25) is 11.8 Å². The van der Waals surface area contributed by atoms with Gasteiger partial charge in [0.05, 0.1) is 13.1 Å². The minimum absolute atomic E-state index is 0.0194. The standard InChI is InChI=1S/C24H37N5O3/c1-5-8-14-20-23(31)27(19(6-2)7-3)16-21-28(20)22(30)17-26(4)29(21)24(32)25-15-18-12-10-9-11-13-18/h9-13,19-21H,5-8,14-17H2,1-4H3,(H,25,32)/t20-,21-/m0/s1. The Morgan fingerprint density at radius 1 is 1.12 bits per heavy atom. The van der Waals surface area contributed by atoms with Crippen molar-refractivity contribution < 1.29 is 14.4 Å². The Bertz CT molecular complexity index is 798. The first-order valence-corrected chi connectivity index (χ1v) is 11.9. The molecule has 8 heteroatoms. The Kier molecular flexibility index (Phi) is 8.12. The highest BCUT2D eigenvalue weighted by molar-refractivity contribution is 5.91. The van der Waals surface area contributed by atoms with E-state index >= 15 is 0 Å². The van der Waals surface area contributed by atoms with Crippen molar-refractivity contribution in [3.8, 4) is 0 Å². The van der Waals surface area contributed by atoms with Crippen LogP contribution in [0.5, 0.6) is 0 Å². The Hall–Kier alpha value is -2.61. The summed E-state index contributed by atoms with van der Waals surface area (Å²) in [6.07, 6.45) is 3.62. The molecule has 32 heavy (non-hydrogen) atoms. The minimum atomic E-state index is -0.514. The molecule has 0 aliphatic carbocycles. The fourth-order valence-corrected chi connectivity index (χ4v) is 4.85. The third-order valence-corrected chi connectivity index (χ3v) is 6.60. The number of hydrogen-bond donors (Lipinski definition) is 1. The van der Waals surface area contributed by atoms with Crippen molar-refractivity contribution in [1.82, 2.24) is 25.1 Å². The quantitative estimate of drug-likeness (QED) is 0.670. The summed E-state index contributed by atoms with van der Waals surface area (Å²) in [5, 5.41) is 6.30. The van der Waals surface area contributed by atoms with Crippen molar-refractivity contribution in [3.05, 3.63) is 35.9 Å². The van der Waals surface area contributed by atoms with Crippen molar-refractivity contribution in [1.29, 1.82) is 0 Å². The van der Waals surface area contributed by atoms with Gasteiger partial charge < -0.3 is 15.1 Å². The SMILES string of the molecule is CCCC[C@H]1C(=O)N(C(CC)CC)C[C@H]2N1C(=O)CN(C)N2C(=O)NCc1ccccc1. The van der Waals surface area contributed by atoms with Crippen molar-refractivity contribution in [2.24, 2.45) is 0 Å². The van der Waals surface area contributed by atoms with Gasteiger partial charge in [-0.3, -0.25) is 9.59 Å². The van der Waals surface area contributed by atoms with Crippen molar-refractivity contribution in [3.63, 3.8) is 0 Å². The summed E-state index contributed by atoms with van der Waals surface area (Å²) in [5.74, 6) is -0.0748. The lowest BCUT2D eigenvalue weighted by Gasteiger charge is -2.55. The molecule has 2 atom stereocenters. The fraction of sp³-hybridized carbons (Fsp3) is 0.625. The number of unbranched alkanes of at least 4 members (excludes halogenated alkanes) is 1. The fourth-order valence-electron chi connectivity index (χ4n) is 4.85. The van der Waals surface area contributed by atoms with E-state index in [9.17, 15) is 14.4 Å². The molecule has 3 rings (SSSR count). The van der Waals surface area contributed by atoms with E-state index < -0.39 is 12.2 Å². The monoisotopic (exact) mass is 443 g/mol. The lowest BCUT2D eigenvalue weighted by atomic mass is 9.98. The van der Waals surface area contributed by atoms with Gasteiger partial charge in [0, 0.05) is 19.6 Å². The van der Waals surface area contributed by atoms with E-state index in [0.29, 0.717) is 19.5 Å². The second kappa shape index (κ2) is 10.8. The summed E-state index contributed by atoms with van der Waals surface area (Å²) in [5.41, 5.74) is 1.01. The predicted octanol–water partition coefficient (Wildman–Crippen LogP) is 2.80. The van der Waals surface area contributed by atoms with Gasteiger partial charge in [0.1, 0.15) is 12.2 Å². The number of carbonyl (C=O) groups is 3. The Balaban J connectivity index is 1.88. The molecule has 8 nitrogen and oxygen atoms in total. The molecule has 0 unspecified atom stereocenters. The number of amides is 4. The zero-order valence-electron chi connectivity index (χ0n) is 19.8. The topological polar surface area (TPSA) is 76.2 Å². The molecule has 1 aromatic carbocycles. The van der Waals surface area contributed by atoms with Crippen LogP contribution in [0.1, 0.15) is 58.4 Å². The first-order chi connectivity index (χ1) is 15.4. The highest BCUT2D eigenvalue weighted by Crippen LogP contribution is 2.30. The summed E-state index contributed by atoms with van der Waals surface area (Å²) in [6, 6.07) is 9.07. The van der Waals surface area contributed by atoms with Gasteiger partial charge >= 0.3 is 6.03 Å². The number of fused-ring (bicyclic) bond motifs is 1. The molecule has 1 aromatic rings. The number of likely N-dealkylation sites (N-methyl/N-ethyl adjacent to an activating group) is 1. The van der Waals surface area contributed by atoms with Crippen LogP contribution in [0.3, 0.4) is 0 Å².